The number of nitrogens with one attached hydrogen (secondary N) is 2. The molecular formula is C13H20N4O3. The molecule has 1 aliphatic heterocycles. The molecule has 0 fully saturated rings. The van der Waals surface area contributed by atoms with Crippen LogP contribution in [0.5, 0.6) is 0 Å². The average molecular weight is 280 g/mol. The van der Waals surface area contributed by atoms with Crippen LogP contribution in [-0.2, 0) is 29.0 Å². The number of fused-ring (bicyclic) bond motifs is 1. The Morgan fingerprint density at radius 2 is 2.45 bits per heavy atom. The third kappa shape index (κ3) is 3.64. The zero-order chi connectivity index (χ0) is 14.4. The van der Waals surface area contributed by atoms with Crippen molar-refractivity contribution in [3.05, 3.63) is 27.9 Å². The van der Waals surface area contributed by atoms with Crippen molar-refractivity contribution in [3.63, 3.8) is 0 Å². The molecule has 1 aromatic heterocycles. The molecule has 1 aromatic rings. The number of ether oxygens (including phenoxy) is 1. The van der Waals surface area contributed by atoms with Crippen LogP contribution in [0, 0.1) is 0 Å². The second kappa shape index (κ2) is 7.16. The Hall–Kier alpha value is -1.73. The predicted octanol–water partition coefficient (Wildman–Crippen LogP) is -0.958. The van der Waals surface area contributed by atoms with E-state index in [1.165, 1.54) is 10.9 Å². The normalized spacial score (nSPS) is 13.8. The molecule has 0 spiro atoms. The Kier molecular flexibility index (Phi) is 5.25. The molecule has 0 saturated carbocycles. The topological polar surface area (TPSA) is 85.2 Å². The number of rotatable bonds is 6. The Bertz CT molecular complexity index is 527. The molecular weight excluding hydrogens is 260 g/mol. The highest BCUT2D eigenvalue weighted by molar-refractivity contribution is 5.75. The monoisotopic (exact) mass is 280 g/mol. The van der Waals surface area contributed by atoms with Crippen LogP contribution in [0.1, 0.15) is 17.7 Å². The Morgan fingerprint density at radius 1 is 1.60 bits per heavy atom. The maximum absolute atomic E-state index is 12.2. The molecule has 0 aliphatic carbocycles. The first kappa shape index (κ1) is 14.7. The summed E-state index contributed by atoms with van der Waals surface area (Å²) in [5.74, 6) is -0.182. The number of nitrogens with zero attached hydrogens (tertiary/aromatic N) is 2. The Morgan fingerprint density at radius 3 is 3.25 bits per heavy atom. The number of carbonyl (C=O) groups excluding carboxylic acids is 1. The summed E-state index contributed by atoms with van der Waals surface area (Å²) in [5, 5.41) is 5.92. The van der Waals surface area contributed by atoms with Gasteiger partial charge in [-0.25, -0.2) is 4.98 Å². The minimum absolute atomic E-state index is 0.0134. The van der Waals surface area contributed by atoms with Gasteiger partial charge in [-0.1, -0.05) is 0 Å². The van der Waals surface area contributed by atoms with Gasteiger partial charge in [0.05, 0.1) is 12.0 Å². The van der Waals surface area contributed by atoms with E-state index in [0.717, 1.165) is 24.2 Å². The van der Waals surface area contributed by atoms with E-state index in [1.807, 2.05) is 0 Å². The lowest BCUT2D eigenvalue weighted by atomic mass is 10.1. The highest BCUT2D eigenvalue weighted by Crippen LogP contribution is 2.05. The van der Waals surface area contributed by atoms with Gasteiger partial charge in [0, 0.05) is 32.4 Å². The van der Waals surface area contributed by atoms with Crippen LogP contribution in [0.15, 0.2) is 11.1 Å². The van der Waals surface area contributed by atoms with Gasteiger partial charge >= 0.3 is 0 Å². The summed E-state index contributed by atoms with van der Waals surface area (Å²) >= 11 is 0. The van der Waals surface area contributed by atoms with Gasteiger partial charge < -0.3 is 15.4 Å². The van der Waals surface area contributed by atoms with Crippen LogP contribution < -0.4 is 16.2 Å². The molecule has 2 rings (SSSR count). The molecule has 2 heterocycles. The first-order chi connectivity index (χ1) is 9.72. The maximum Gasteiger partial charge on any atom is 0.257 e. The van der Waals surface area contributed by atoms with Crippen LogP contribution in [-0.4, -0.2) is 42.3 Å². The van der Waals surface area contributed by atoms with Crippen molar-refractivity contribution in [2.24, 2.45) is 0 Å². The first-order valence-corrected chi connectivity index (χ1v) is 6.76. The van der Waals surface area contributed by atoms with Gasteiger partial charge in [-0.2, -0.15) is 0 Å². The number of amides is 1. The van der Waals surface area contributed by atoms with Gasteiger partial charge in [-0.3, -0.25) is 14.2 Å². The quantitative estimate of drug-likeness (QED) is 0.656. The molecule has 0 atom stereocenters. The zero-order valence-corrected chi connectivity index (χ0v) is 11.6. The lowest BCUT2D eigenvalue weighted by molar-refractivity contribution is -0.121. The molecule has 110 valence electrons. The third-order valence-electron chi connectivity index (χ3n) is 3.23. The van der Waals surface area contributed by atoms with E-state index in [2.05, 4.69) is 15.6 Å². The van der Waals surface area contributed by atoms with Crippen molar-refractivity contribution in [2.75, 3.05) is 26.8 Å². The highest BCUT2D eigenvalue weighted by Gasteiger charge is 2.16. The summed E-state index contributed by atoms with van der Waals surface area (Å²) in [4.78, 5) is 28.2. The second-order valence-electron chi connectivity index (χ2n) is 4.73. The Balaban J connectivity index is 1.96. The van der Waals surface area contributed by atoms with Crippen LogP contribution in [0.25, 0.3) is 0 Å². The molecule has 7 nitrogen and oxygen atoms in total. The van der Waals surface area contributed by atoms with Gasteiger partial charge in [0.2, 0.25) is 5.91 Å². The molecule has 0 radical (unpaired) electrons. The molecule has 2 N–H and O–H groups in total. The minimum atomic E-state index is -0.182. The van der Waals surface area contributed by atoms with Crippen LogP contribution in [0.4, 0.5) is 0 Å². The van der Waals surface area contributed by atoms with Crippen molar-refractivity contribution < 1.29 is 9.53 Å². The van der Waals surface area contributed by atoms with E-state index in [0.29, 0.717) is 26.1 Å². The van der Waals surface area contributed by atoms with Gasteiger partial charge in [0.15, 0.2) is 0 Å². The smallest absolute Gasteiger partial charge is 0.257 e. The van der Waals surface area contributed by atoms with Crippen LogP contribution >= 0.6 is 0 Å². The van der Waals surface area contributed by atoms with Crippen molar-refractivity contribution in [1.82, 2.24) is 20.2 Å². The molecule has 1 aliphatic rings. The summed E-state index contributed by atoms with van der Waals surface area (Å²) in [6.07, 6.45) is 2.87. The summed E-state index contributed by atoms with van der Waals surface area (Å²) in [6, 6.07) is 0. The fourth-order valence-electron chi connectivity index (χ4n) is 2.16. The molecule has 0 saturated heterocycles. The van der Waals surface area contributed by atoms with Gasteiger partial charge in [-0.15, -0.1) is 0 Å². The van der Waals surface area contributed by atoms with E-state index in [1.54, 1.807) is 7.11 Å². The van der Waals surface area contributed by atoms with Gasteiger partial charge in [-0.05, 0) is 19.4 Å². The number of methoxy groups -OCH3 is 1. The van der Waals surface area contributed by atoms with E-state index in [9.17, 15) is 9.59 Å². The fourth-order valence-corrected chi connectivity index (χ4v) is 2.16. The molecule has 0 aromatic carbocycles. The van der Waals surface area contributed by atoms with Crippen molar-refractivity contribution in [2.45, 2.75) is 25.9 Å². The minimum Gasteiger partial charge on any atom is -0.385 e. The summed E-state index contributed by atoms with van der Waals surface area (Å²) in [5.41, 5.74) is 1.40. The third-order valence-corrected chi connectivity index (χ3v) is 3.23. The number of hydrogen-bond donors (Lipinski definition) is 2. The van der Waals surface area contributed by atoms with Gasteiger partial charge in [0.25, 0.3) is 5.56 Å². The van der Waals surface area contributed by atoms with Gasteiger partial charge in [0.1, 0.15) is 6.54 Å². The predicted molar refractivity (Wildman–Crippen MR) is 73.4 cm³/mol. The largest absolute Gasteiger partial charge is 0.385 e. The van der Waals surface area contributed by atoms with Crippen molar-refractivity contribution in [1.29, 1.82) is 0 Å². The molecule has 0 bridgehead atoms. The van der Waals surface area contributed by atoms with E-state index in [4.69, 9.17) is 4.74 Å². The number of carbonyl (C=O) groups is 1. The standard InChI is InChI=1S/C13H20N4O3/c1-20-6-2-4-15-12(18)8-17-9-16-11-7-14-5-3-10(11)13(17)19/h9,14H,2-8H2,1H3,(H,15,18). The van der Waals surface area contributed by atoms with Crippen molar-refractivity contribution >= 4 is 5.91 Å². The molecule has 20 heavy (non-hydrogen) atoms. The summed E-state index contributed by atoms with van der Waals surface area (Å²) in [7, 11) is 1.62. The van der Waals surface area contributed by atoms with E-state index < -0.39 is 0 Å². The summed E-state index contributed by atoms with van der Waals surface area (Å²) < 4.78 is 6.27. The molecule has 7 heteroatoms. The SMILES string of the molecule is COCCCNC(=O)Cn1cnc2c(c1=O)CCNC2. The first-order valence-electron chi connectivity index (χ1n) is 6.76. The summed E-state index contributed by atoms with van der Waals surface area (Å²) in [6.45, 7) is 2.56. The number of hydrogen-bond acceptors (Lipinski definition) is 5. The average Bonchev–Trinajstić information content (AvgIpc) is 2.47. The van der Waals surface area contributed by atoms with Crippen LogP contribution in [0.3, 0.4) is 0 Å². The fraction of sp³-hybridized carbons (Fsp3) is 0.615. The lowest BCUT2D eigenvalue weighted by Gasteiger charge is -2.16. The van der Waals surface area contributed by atoms with Crippen LogP contribution in [0.2, 0.25) is 0 Å². The maximum atomic E-state index is 12.2. The zero-order valence-electron chi connectivity index (χ0n) is 11.6. The highest BCUT2D eigenvalue weighted by atomic mass is 16.5. The van der Waals surface area contributed by atoms with E-state index in [-0.39, 0.29) is 18.0 Å². The Labute approximate surface area is 117 Å². The lowest BCUT2D eigenvalue weighted by Crippen LogP contribution is -2.37. The molecule has 1 amide bonds. The second-order valence-corrected chi connectivity index (χ2v) is 4.73. The van der Waals surface area contributed by atoms with E-state index >= 15 is 0 Å². The molecule has 0 unspecified atom stereocenters. The number of aromatic nitrogens is 2. The van der Waals surface area contributed by atoms with Crippen molar-refractivity contribution in [3.8, 4) is 0 Å².